The Hall–Kier alpha value is -2.31. The Labute approximate surface area is 166 Å². The number of carbonyl (C=O) groups excluding carboxylic acids is 2. The van der Waals surface area contributed by atoms with Crippen LogP contribution in [0.1, 0.15) is 76.9 Å². The first kappa shape index (κ1) is 23.7. The van der Waals surface area contributed by atoms with Gasteiger partial charge in [0.25, 0.3) is 0 Å². The number of nitrogens with zero attached hydrogens (tertiary/aromatic N) is 1. The number of carbonyl (C=O) groups is 2. The number of aromatic hydroxyl groups is 1. The van der Waals surface area contributed by atoms with Crippen LogP contribution < -0.4 is 5.43 Å². The van der Waals surface area contributed by atoms with E-state index < -0.39 is 17.1 Å². The molecule has 158 valence electrons. The van der Waals surface area contributed by atoms with E-state index in [1.54, 1.807) is 7.05 Å². The van der Waals surface area contributed by atoms with Crippen LogP contribution in [-0.2, 0) is 20.9 Å². The van der Waals surface area contributed by atoms with Gasteiger partial charge < -0.3 is 19.2 Å². The Bertz CT molecular complexity index is 655. The molecule has 7 nitrogen and oxygen atoms in total. The summed E-state index contributed by atoms with van der Waals surface area (Å²) in [6.07, 6.45) is 12.0. The van der Waals surface area contributed by atoms with Gasteiger partial charge >= 0.3 is 5.97 Å². The molecule has 1 amide bonds. The van der Waals surface area contributed by atoms with Gasteiger partial charge in [-0.05, 0) is 6.42 Å². The van der Waals surface area contributed by atoms with Crippen LogP contribution in [0.5, 0.6) is 5.75 Å². The Morgan fingerprint density at radius 3 is 2.29 bits per heavy atom. The summed E-state index contributed by atoms with van der Waals surface area (Å²) in [6.45, 7) is 1.83. The van der Waals surface area contributed by atoms with Crippen LogP contribution in [0.4, 0.5) is 0 Å². The van der Waals surface area contributed by atoms with Gasteiger partial charge in [-0.15, -0.1) is 0 Å². The van der Waals surface area contributed by atoms with E-state index in [9.17, 15) is 14.4 Å². The van der Waals surface area contributed by atoms with E-state index in [1.807, 2.05) is 0 Å². The quantitative estimate of drug-likeness (QED) is 0.380. The Balaban J connectivity index is 2.13. The predicted molar refractivity (Wildman–Crippen MR) is 106 cm³/mol. The van der Waals surface area contributed by atoms with Crippen molar-refractivity contribution in [2.45, 2.75) is 77.7 Å². The molecule has 0 aromatic carbocycles. The standard InChI is InChI=1S/C21H33NO6/c1-3-4-5-6-7-8-9-10-11-12-20(25)22(2)14-21(26)28-15-17-13-18(23)19(24)16-27-17/h13,16,24H,3-12,14-15H2,1-2H3. The third-order valence-electron chi connectivity index (χ3n) is 4.53. The van der Waals surface area contributed by atoms with E-state index in [2.05, 4.69) is 6.92 Å². The summed E-state index contributed by atoms with van der Waals surface area (Å²) in [7, 11) is 1.57. The molecule has 7 heteroatoms. The second-order valence-electron chi connectivity index (χ2n) is 7.08. The first-order valence-electron chi connectivity index (χ1n) is 10.1. The highest BCUT2D eigenvalue weighted by Crippen LogP contribution is 2.11. The van der Waals surface area contributed by atoms with Gasteiger partial charge in [0.05, 0.1) is 0 Å². The molecule has 0 spiro atoms. The lowest BCUT2D eigenvalue weighted by atomic mass is 10.1. The van der Waals surface area contributed by atoms with Crippen molar-refractivity contribution in [2.24, 2.45) is 0 Å². The van der Waals surface area contributed by atoms with E-state index >= 15 is 0 Å². The zero-order valence-corrected chi connectivity index (χ0v) is 17.1. The minimum absolute atomic E-state index is 0.0870. The van der Waals surface area contributed by atoms with Crippen LogP contribution in [0.2, 0.25) is 0 Å². The second kappa shape index (κ2) is 13.8. The van der Waals surface area contributed by atoms with Crippen LogP contribution >= 0.6 is 0 Å². The van der Waals surface area contributed by atoms with E-state index in [4.69, 9.17) is 14.3 Å². The van der Waals surface area contributed by atoms with Crippen molar-refractivity contribution in [1.82, 2.24) is 4.90 Å². The average Bonchev–Trinajstić information content (AvgIpc) is 2.67. The van der Waals surface area contributed by atoms with E-state index in [0.717, 1.165) is 31.6 Å². The molecular weight excluding hydrogens is 362 g/mol. The fraction of sp³-hybridized carbons (Fsp3) is 0.667. The molecule has 0 bridgehead atoms. The molecule has 0 saturated carbocycles. The highest BCUT2D eigenvalue weighted by Gasteiger charge is 2.14. The zero-order valence-electron chi connectivity index (χ0n) is 17.1. The monoisotopic (exact) mass is 395 g/mol. The summed E-state index contributed by atoms with van der Waals surface area (Å²) in [5.74, 6) is -1.05. The maximum absolute atomic E-state index is 12.1. The smallest absolute Gasteiger partial charge is 0.326 e. The molecular formula is C21H33NO6. The molecule has 1 N–H and O–H groups in total. The number of likely N-dealkylation sites (N-methyl/N-ethyl adjacent to an activating group) is 1. The number of ether oxygens (including phenoxy) is 1. The van der Waals surface area contributed by atoms with Crippen molar-refractivity contribution in [3.63, 3.8) is 0 Å². The van der Waals surface area contributed by atoms with Gasteiger partial charge in [0.15, 0.2) is 5.75 Å². The van der Waals surface area contributed by atoms with Gasteiger partial charge in [-0.2, -0.15) is 0 Å². The number of esters is 1. The fourth-order valence-electron chi connectivity index (χ4n) is 2.78. The van der Waals surface area contributed by atoms with Crippen LogP contribution in [0.25, 0.3) is 0 Å². The van der Waals surface area contributed by atoms with Crippen LogP contribution in [0, 0.1) is 0 Å². The highest BCUT2D eigenvalue weighted by atomic mass is 16.5. The summed E-state index contributed by atoms with van der Waals surface area (Å²) >= 11 is 0. The van der Waals surface area contributed by atoms with E-state index in [-0.39, 0.29) is 24.8 Å². The summed E-state index contributed by atoms with van der Waals surface area (Å²) in [4.78, 5) is 36.5. The van der Waals surface area contributed by atoms with Crippen LogP contribution in [0.3, 0.4) is 0 Å². The molecule has 0 aliphatic heterocycles. The lowest BCUT2D eigenvalue weighted by molar-refractivity contribution is -0.150. The van der Waals surface area contributed by atoms with Gasteiger partial charge in [-0.1, -0.05) is 58.3 Å². The summed E-state index contributed by atoms with van der Waals surface area (Å²) in [5.41, 5.74) is -0.606. The lowest BCUT2D eigenvalue weighted by Crippen LogP contribution is -2.32. The lowest BCUT2D eigenvalue weighted by Gasteiger charge is -2.16. The maximum atomic E-state index is 12.1. The minimum Gasteiger partial charge on any atom is -0.502 e. The van der Waals surface area contributed by atoms with Gasteiger partial charge in [-0.25, -0.2) is 0 Å². The van der Waals surface area contributed by atoms with Crippen LogP contribution in [0.15, 0.2) is 21.5 Å². The van der Waals surface area contributed by atoms with Gasteiger partial charge in [0.1, 0.15) is 25.2 Å². The predicted octanol–water partition coefficient (Wildman–Crippen LogP) is 3.77. The van der Waals surface area contributed by atoms with Crippen molar-refractivity contribution in [3.8, 4) is 5.75 Å². The van der Waals surface area contributed by atoms with Crippen LogP contribution in [-0.4, -0.2) is 35.5 Å². The number of unbranched alkanes of at least 4 members (excludes halogenated alkanes) is 8. The van der Waals surface area contributed by atoms with Gasteiger partial charge in [-0.3, -0.25) is 14.4 Å². The molecule has 1 heterocycles. The van der Waals surface area contributed by atoms with Gasteiger partial charge in [0, 0.05) is 19.5 Å². The normalized spacial score (nSPS) is 10.6. The fourth-order valence-corrected chi connectivity index (χ4v) is 2.78. The highest BCUT2D eigenvalue weighted by molar-refractivity contribution is 5.81. The summed E-state index contributed by atoms with van der Waals surface area (Å²) in [6, 6.07) is 1.06. The third-order valence-corrected chi connectivity index (χ3v) is 4.53. The SMILES string of the molecule is CCCCCCCCCCCC(=O)N(C)CC(=O)OCc1cc(=O)c(O)co1. The number of hydrogen-bond acceptors (Lipinski definition) is 6. The maximum Gasteiger partial charge on any atom is 0.326 e. The van der Waals surface area contributed by atoms with E-state index in [1.165, 1.54) is 43.4 Å². The van der Waals surface area contributed by atoms with E-state index in [0.29, 0.717) is 6.42 Å². The largest absolute Gasteiger partial charge is 0.502 e. The topological polar surface area (TPSA) is 97.0 Å². The molecule has 0 aliphatic carbocycles. The summed E-state index contributed by atoms with van der Waals surface area (Å²) < 4.78 is 9.94. The molecule has 0 saturated heterocycles. The molecule has 1 aromatic heterocycles. The first-order valence-corrected chi connectivity index (χ1v) is 10.1. The number of hydrogen-bond donors (Lipinski definition) is 1. The minimum atomic E-state index is -0.606. The molecule has 0 atom stereocenters. The summed E-state index contributed by atoms with van der Waals surface area (Å²) in [5, 5.41) is 9.11. The Morgan fingerprint density at radius 2 is 1.68 bits per heavy atom. The number of amides is 1. The molecule has 0 fully saturated rings. The van der Waals surface area contributed by atoms with Crippen molar-refractivity contribution >= 4 is 11.9 Å². The number of rotatable bonds is 14. The van der Waals surface area contributed by atoms with Crippen molar-refractivity contribution in [3.05, 3.63) is 28.3 Å². The second-order valence-corrected chi connectivity index (χ2v) is 7.08. The van der Waals surface area contributed by atoms with Crippen molar-refractivity contribution < 1.29 is 23.8 Å². The molecule has 1 aromatic rings. The van der Waals surface area contributed by atoms with Crippen molar-refractivity contribution in [2.75, 3.05) is 13.6 Å². The zero-order chi connectivity index (χ0) is 20.8. The molecule has 28 heavy (non-hydrogen) atoms. The van der Waals surface area contributed by atoms with Gasteiger partial charge in [0.2, 0.25) is 11.3 Å². The molecule has 0 radical (unpaired) electrons. The Morgan fingerprint density at radius 1 is 1.07 bits per heavy atom. The molecule has 1 rings (SSSR count). The van der Waals surface area contributed by atoms with Crippen molar-refractivity contribution in [1.29, 1.82) is 0 Å². The Kier molecular flexibility index (Phi) is 11.7. The first-order chi connectivity index (χ1) is 13.4. The molecule has 0 unspecified atom stereocenters. The third kappa shape index (κ3) is 10.1. The molecule has 0 aliphatic rings. The average molecular weight is 395 g/mol.